The summed E-state index contributed by atoms with van der Waals surface area (Å²) in [6, 6.07) is 19.1. The number of hydrogen-bond donors (Lipinski definition) is 3. The van der Waals surface area contributed by atoms with Crippen LogP contribution in [0.3, 0.4) is 0 Å². The second kappa shape index (κ2) is 19.1. The third kappa shape index (κ3) is 12.4. The van der Waals surface area contributed by atoms with Crippen molar-refractivity contribution in [1.82, 2.24) is 29.2 Å². The molecule has 19 heteroatoms. The first kappa shape index (κ1) is 43.9. The van der Waals surface area contributed by atoms with Crippen LogP contribution in [0, 0.1) is 0 Å². The van der Waals surface area contributed by atoms with Crippen molar-refractivity contribution in [2.75, 3.05) is 0 Å². The molecule has 2 aliphatic carbocycles. The zero-order valence-corrected chi connectivity index (χ0v) is 31.1. The van der Waals surface area contributed by atoms with Gasteiger partial charge in [0.25, 0.3) is 0 Å². The summed E-state index contributed by atoms with van der Waals surface area (Å²) in [5.74, 6) is -0.169. The molecule has 0 spiro atoms. The molecule has 0 aliphatic heterocycles. The molecule has 12 nitrogen and oxygen atoms in total. The number of nitrogens with zero attached hydrogens (tertiary/aromatic N) is 6. The summed E-state index contributed by atoms with van der Waals surface area (Å²) in [6.45, 7) is 0. The monoisotopic (exact) mass is 835 g/mol. The maximum Gasteiger partial charge on any atom is 0.573 e. The summed E-state index contributed by atoms with van der Waals surface area (Å²) in [6.07, 6.45) is 1.70. The second-order valence-corrected chi connectivity index (χ2v) is 14.0. The Kier molecular flexibility index (Phi) is 14.4. The lowest BCUT2D eigenvalue weighted by Crippen LogP contribution is -2.33. The van der Waals surface area contributed by atoms with Crippen molar-refractivity contribution in [1.29, 1.82) is 0 Å². The predicted octanol–water partition coefficient (Wildman–Crippen LogP) is 8.74. The standard InChI is InChI=1S/C19H19F3N4O2.C13H7ClF3N3O.C6H14N2.CH4/c20-19(21,22)28-15-3-1-2-12(10-15)16-11-24-17-8-9-18(25-26(16)17)27-14-6-4-13(23)5-7-14;14-11-4-5-12-18-7-10(20(12)19-11)8-2-1-3-9(6-8)21-13(15,16)17;7-5-1-2-6(8)4-3-5;/h1-3,8-11,13-14H,4-7,23H2;1-7H;5-6H,1-4,7-8H2;1H4. The Hall–Kier alpha value is -5.17. The number of nitrogens with two attached hydrogens (primary N) is 3. The molecule has 0 amide bonds. The normalized spacial score (nSPS) is 19.6. The first-order valence-corrected chi connectivity index (χ1v) is 18.5. The first-order chi connectivity index (χ1) is 27.1. The van der Waals surface area contributed by atoms with Crippen LogP contribution in [0.15, 0.2) is 85.2 Å². The number of alkyl halides is 6. The third-order valence-corrected chi connectivity index (χ3v) is 9.42. The molecule has 2 saturated carbocycles. The maximum atomic E-state index is 12.5. The van der Waals surface area contributed by atoms with Crippen molar-refractivity contribution in [2.24, 2.45) is 17.2 Å². The Labute approximate surface area is 335 Å². The van der Waals surface area contributed by atoms with E-state index in [0.717, 1.165) is 51.4 Å². The average molecular weight is 836 g/mol. The highest BCUT2D eigenvalue weighted by Crippen LogP contribution is 2.31. The van der Waals surface area contributed by atoms with Crippen molar-refractivity contribution in [3.05, 3.63) is 90.3 Å². The number of benzene rings is 2. The summed E-state index contributed by atoms with van der Waals surface area (Å²) >= 11 is 5.82. The third-order valence-electron chi connectivity index (χ3n) is 9.22. The van der Waals surface area contributed by atoms with Crippen LogP contribution in [-0.4, -0.2) is 66.2 Å². The minimum absolute atomic E-state index is 0. The van der Waals surface area contributed by atoms with Gasteiger partial charge < -0.3 is 31.4 Å². The molecule has 4 aromatic heterocycles. The smallest absolute Gasteiger partial charge is 0.473 e. The van der Waals surface area contributed by atoms with Gasteiger partial charge in [0.1, 0.15) is 22.8 Å². The highest BCUT2D eigenvalue weighted by Gasteiger charge is 2.32. The second-order valence-electron chi connectivity index (χ2n) is 13.6. The number of halogens is 7. The van der Waals surface area contributed by atoms with Crippen LogP contribution in [-0.2, 0) is 0 Å². The highest BCUT2D eigenvalue weighted by atomic mass is 35.5. The lowest BCUT2D eigenvalue weighted by Gasteiger charge is -2.26. The molecule has 2 aliphatic rings. The number of imidazole rings is 2. The Morgan fingerprint density at radius 2 is 1.02 bits per heavy atom. The zero-order chi connectivity index (χ0) is 40.7. The van der Waals surface area contributed by atoms with Gasteiger partial charge in [0.2, 0.25) is 5.88 Å². The maximum absolute atomic E-state index is 12.5. The molecule has 4 heterocycles. The lowest BCUT2D eigenvalue weighted by molar-refractivity contribution is -0.275. The van der Waals surface area contributed by atoms with Gasteiger partial charge in [-0.1, -0.05) is 43.3 Å². The summed E-state index contributed by atoms with van der Waals surface area (Å²) in [7, 11) is 0. The van der Waals surface area contributed by atoms with E-state index in [0.29, 0.717) is 51.8 Å². The predicted molar refractivity (Wildman–Crippen MR) is 207 cm³/mol. The van der Waals surface area contributed by atoms with E-state index in [9.17, 15) is 26.3 Å². The molecule has 6 N–H and O–H groups in total. The molecular weight excluding hydrogens is 792 g/mol. The molecule has 0 radical (unpaired) electrons. The van der Waals surface area contributed by atoms with Crippen LogP contribution in [0.25, 0.3) is 33.8 Å². The van der Waals surface area contributed by atoms with E-state index in [1.807, 2.05) is 0 Å². The molecule has 0 atom stereocenters. The summed E-state index contributed by atoms with van der Waals surface area (Å²) < 4.78 is 91.1. The molecule has 6 aromatic rings. The van der Waals surface area contributed by atoms with Crippen LogP contribution in [0.5, 0.6) is 17.4 Å². The van der Waals surface area contributed by atoms with Gasteiger partial charge in [-0.2, -0.15) is 5.10 Å². The number of aromatic nitrogens is 6. The molecule has 2 aromatic carbocycles. The fourth-order valence-corrected chi connectivity index (χ4v) is 6.53. The van der Waals surface area contributed by atoms with E-state index < -0.39 is 12.7 Å². The van der Waals surface area contributed by atoms with Crippen molar-refractivity contribution in [2.45, 2.75) is 95.7 Å². The van der Waals surface area contributed by atoms with Gasteiger partial charge in [0.15, 0.2) is 11.3 Å². The number of fused-ring (bicyclic) bond motifs is 2. The molecule has 0 saturated heterocycles. The van der Waals surface area contributed by atoms with Crippen molar-refractivity contribution < 1.29 is 40.6 Å². The van der Waals surface area contributed by atoms with Gasteiger partial charge >= 0.3 is 12.7 Å². The Morgan fingerprint density at radius 3 is 1.48 bits per heavy atom. The molecule has 2 fully saturated rings. The fraction of sp³-hybridized carbons (Fsp3) is 0.385. The Bertz CT molecular complexity index is 2220. The molecular formula is C39H44ClF6N9O3. The number of ether oxygens (including phenoxy) is 3. The van der Waals surface area contributed by atoms with E-state index in [1.165, 1.54) is 47.1 Å². The van der Waals surface area contributed by atoms with E-state index in [2.05, 4.69) is 29.6 Å². The molecule has 58 heavy (non-hydrogen) atoms. The van der Waals surface area contributed by atoms with Crippen molar-refractivity contribution >= 4 is 22.9 Å². The average Bonchev–Trinajstić information content (AvgIpc) is 3.77. The van der Waals surface area contributed by atoms with Crippen LogP contribution >= 0.6 is 11.6 Å². The van der Waals surface area contributed by atoms with Crippen LogP contribution in [0.4, 0.5) is 26.3 Å². The largest absolute Gasteiger partial charge is 0.573 e. The number of hydrogen-bond acceptors (Lipinski definition) is 10. The molecule has 0 unspecified atom stereocenters. The minimum atomic E-state index is -4.75. The van der Waals surface area contributed by atoms with Crippen LogP contribution < -0.4 is 31.4 Å². The first-order valence-electron chi connectivity index (χ1n) is 18.1. The Morgan fingerprint density at radius 1 is 0.586 bits per heavy atom. The molecule has 0 bridgehead atoms. The molecule has 8 rings (SSSR count). The zero-order valence-electron chi connectivity index (χ0n) is 30.3. The van der Waals surface area contributed by atoms with E-state index in [-0.39, 0.29) is 36.2 Å². The van der Waals surface area contributed by atoms with Gasteiger partial charge in [-0.05, 0) is 93.8 Å². The van der Waals surface area contributed by atoms with Gasteiger partial charge in [-0.3, -0.25) is 0 Å². The summed E-state index contributed by atoms with van der Waals surface area (Å²) in [4.78, 5) is 8.38. The highest BCUT2D eigenvalue weighted by molar-refractivity contribution is 6.29. The SMILES string of the molecule is C.FC(F)(F)Oc1cccc(-c2cnc3ccc(Cl)nn23)c1.NC1CCC(N)CC1.NC1CCC(Oc2ccc3ncc(-c4cccc(OC(F)(F)F)c4)n3n2)CC1. The quantitative estimate of drug-likeness (QED) is 0.138. The van der Waals surface area contributed by atoms with Crippen LogP contribution in [0.1, 0.15) is 58.8 Å². The summed E-state index contributed by atoms with van der Waals surface area (Å²) in [5, 5.41) is 8.79. The Balaban J connectivity index is 0.000000188. The van der Waals surface area contributed by atoms with E-state index in [4.69, 9.17) is 33.5 Å². The molecule has 312 valence electrons. The van der Waals surface area contributed by atoms with Crippen molar-refractivity contribution in [3.63, 3.8) is 0 Å². The van der Waals surface area contributed by atoms with E-state index in [1.54, 1.807) is 47.1 Å². The minimum Gasteiger partial charge on any atom is -0.473 e. The van der Waals surface area contributed by atoms with Crippen molar-refractivity contribution in [3.8, 4) is 39.9 Å². The van der Waals surface area contributed by atoms with Gasteiger partial charge in [0.05, 0.1) is 23.8 Å². The van der Waals surface area contributed by atoms with Gasteiger partial charge in [0, 0.05) is 35.3 Å². The van der Waals surface area contributed by atoms with Gasteiger partial charge in [-0.15, -0.1) is 31.4 Å². The lowest BCUT2D eigenvalue weighted by atomic mass is 9.93. The fourth-order valence-electron chi connectivity index (χ4n) is 6.39. The van der Waals surface area contributed by atoms with Crippen LogP contribution in [0.2, 0.25) is 5.15 Å². The summed E-state index contributed by atoms with van der Waals surface area (Å²) in [5.41, 5.74) is 20.3. The van der Waals surface area contributed by atoms with E-state index >= 15 is 0 Å². The topological polar surface area (TPSA) is 166 Å². The van der Waals surface area contributed by atoms with Gasteiger partial charge in [-0.25, -0.2) is 19.0 Å². The number of rotatable bonds is 6.